The van der Waals surface area contributed by atoms with Gasteiger partial charge in [0.15, 0.2) is 0 Å². The lowest BCUT2D eigenvalue weighted by molar-refractivity contribution is -0.0287. The van der Waals surface area contributed by atoms with Crippen LogP contribution in [0.2, 0.25) is 0 Å². The summed E-state index contributed by atoms with van der Waals surface area (Å²) in [5.41, 5.74) is 1.97. The van der Waals surface area contributed by atoms with Crippen molar-refractivity contribution in [3.63, 3.8) is 0 Å². The Kier molecular flexibility index (Phi) is 3.70. The van der Waals surface area contributed by atoms with E-state index >= 15 is 0 Å². The minimum atomic E-state index is -0.562. The van der Waals surface area contributed by atoms with Crippen LogP contribution < -0.4 is 0 Å². The number of allylic oxidation sites excluding steroid dienone is 1. The van der Waals surface area contributed by atoms with Crippen molar-refractivity contribution in [2.45, 2.75) is 63.8 Å². The summed E-state index contributed by atoms with van der Waals surface area (Å²) in [5, 5.41) is 10.9. The summed E-state index contributed by atoms with van der Waals surface area (Å²) in [4.78, 5) is 2.62. The zero-order valence-electron chi connectivity index (χ0n) is 12.5. The van der Waals surface area contributed by atoms with E-state index in [9.17, 15) is 5.11 Å². The molecule has 2 aliphatic heterocycles. The summed E-state index contributed by atoms with van der Waals surface area (Å²) < 4.78 is 0. The van der Waals surface area contributed by atoms with Crippen molar-refractivity contribution in [2.75, 3.05) is 0 Å². The molecule has 1 aromatic carbocycles. The highest BCUT2D eigenvalue weighted by atomic mass is 16.3. The summed E-state index contributed by atoms with van der Waals surface area (Å²) in [5.74, 6) is 0. The molecule has 0 aromatic heterocycles. The molecule has 2 heterocycles. The maximum Gasteiger partial charge on any atom is 0.0883 e. The molecule has 2 atom stereocenters. The molecule has 0 radical (unpaired) electrons. The molecule has 108 valence electrons. The number of nitrogens with zero attached hydrogens (tertiary/aromatic N) is 1. The molecule has 1 aromatic rings. The monoisotopic (exact) mass is 271 g/mol. The molecule has 2 aliphatic rings. The summed E-state index contributed by atoms with van der Waals surface area (Å²) in [6.07, 6.45) is 6.33. The van der Waals surface area contributed by atoms with Crippen LogP contribution in [-0.2, 0) is 6.54 Å². The normalized spacial score (nSPS) is 34.5. The van der Waals surface area contributed by atoms with Crippen LogP contribution in [-0.4, -0.2) is 27.7 Å². The van der Waals surface area contributed by atoms with Gasteiger partial charge in [-0.1, -0.05) is 36.4 Å². The predicted octanol–water partition coefficient (Wildman–Crippen LogP) is 3.51. The van der Waals surface area contributed by atoms with Crippen LogP contribution in [0.3, 0.4) is 0 Å². The van der Waals surface area contributed by atoms with Crippen molar-refractivity contribution >= 4 is 0 Å². The highest BCUT2D eigenvalue weighted by Crippen LogP contribution is 2.44. The highest BCUT2D eigenvalue weighted by molar-refractivity contribution is 5.21. The first kappa shape index (κ1) is 13.8. The molecule has 0 spiro atoms. The molecule has 0 amide bonds. The van der Waals surface area contributed by atoms with Gasteiger partial charge >= 0.3 is 0 Å². The van der Waals surface area contributed by atoms with Gasteiger partial charge in [-0.25, -0.2) is 0 Å². The molecule has 0 saturated carbocycles. The van der Waals surface area contributed by atoms with Crippen LogP contribution in [0, 0.1) is 0 Å². The van der Waals surface area contributed by atoms with Crippen molar-refractivity contribution < 1.29 is 5.11 Å². The third-order valence-corrected chi connectivity index (χ3v) is 5.29. The lowest BCUT2D eigenvalue weighted by atomic mass is 9.80. The number of hydrogen-bond acceptors (Lipinski definition) is 2. The van der Waals surface area contributed by atoms with Crippen LogP contribution in [0.15, 0.2) is 42.0 Å². The van der Waals surface area contributed by atoms with Gasteiger partial charge in [-0.05, 0) is 50.7 Å². The molecule has 20 heavy (non-hydrogen) atoms. The number of piperidine rings is 1. The van der Waals surface area contributed by atoms with Crippen LogP contribution in [0.4, 0.5) is 0 Å². The Morgan fingerprint density at radius 1 is 1.25 bits per heavy atom. The first-order valence-corrected chi connectivity index (χ1v) is 7.78. The van der Waals surface area contributed by atoms with Gasteiger partial charge < -0.3 is 5.11 Å². The Morgan fingerprint density at radius 2 is 1.85 bits per heavy atom. The lowest BCUT2D eigenvalue weighted by Crippen LogP contribution is -2.51. The van der Waals surface area contributed by atoms with Gasteiger partial charge in [-0.15, -0.1) is 0 Å². The smallest absolute Gasteiger partial charge is 0.0883 e. The van der Waals surface area contributed by atoms with E-state index in [1.165, 1.54) is 18.4 Å². The van der Waals surface area contributed by atoms with Gasteiger partial charge in [0.05, 0.1) is 5.60 Å². The molecule has 2 unspecified atom stereocenters. The second kappa shape index (κ2) is 5.34. The molecule has 1 N–H and O–H groups in total. The van der Waals surface area contributed by atoms with E-state index in [4.69, 9.17) is 0 Å². The van der Waals surface area contributed by atoms with Crippen molar-refractivity contribution in [1.82, 2.24) is 4.90 Å². The fourth-order valence-electron chi connectivity index (χ4n) is 3.96. The SMILES string of the molecule is CC=C(C)C1(O)CC2CCC(C1)N2Cc1ccccc1. The molecule has 0 aliphatic carbocycles. The lowest BCUT2D eigenvalue weighted by Gasteiger charge is -2.44. The number of fused-ring (bicyclic) bond motifs is 2. The molecule has 2 saturated heterocycles. The quantitative estimate of drug-likeness (QED) is 0.850. The van der Waals surface area contributed by atoms with Crippen molar-refractivity contribution in [2.24, 2.45) is 0 Å². The van der Waals surface area contributed by atoms with Crippen LogP contribution in [0.25, 0.3) is 0 Å². The molecular weight excluding hydrogens is 246 g/mol. The van der Waals surface area contributed by atoms with E-state index in [0.29, 0.717) is 12.1 Å². The molecule has 2 heteroatoms. The Morgan fingerprint density at radius 3 is 2.40 bits per heavy atom. The average Bonchev–Trinajstić information content (AvgIpc) is 2.71. The largest absolute Gasteiger partial charge is 0.385 e. The van der Waals surface area contributed by atoms with Crippen molar-refractivity contribution in [1.29, 1.82) is 0 Å². The Balaban J connectivity index is 1.76. The first-order chi connectivity index (χ1) is 9.62. The van der Waals surface area contributed by atoms with Crippen molar-refractivity contribution in [3.8, 4) is 0 Å². The summed E-state index contributed by atoms with van der Waals surface area (Å²) in [6, 6.07) is 11.8. The fraction of sp³-hybridized carbons (Fsp3) is 0.556. The number of benzene rings is 1. The molecule has 2 bridgehead atoms. The van der Waals surface area contributed by atoms with Gasteiger partial charge in [-0.3, -0.25) is 4.90 Å². The summed E-state index contributed by atoms with van der Waals surface area (Å²) in [7, 11) is 0. The van der Waals surface area contributed by atoms with E-state index in [0.717, 1.165) is 25.0 Å². The minimum absolute atomic E-state index is 0.536. The molecule has 2 nitrogen and oxygen atoms in total. The Hall–Kier alpha value is -1.12. The van der Waals surface area contributed by atoms with E-state index in [-0.39, 0.29) is 0 Å². The maximum absolute atomic E-state index is 10.9. The predicted molar refractivity (Wildman–Crippen MR) is 82.4 cm³/mol. The van der Waals surface area contributed by atoms with Gasteiger partial charge in [0.2, 0.25) is 0 Å². The van der Waals surface area contributed by atoms with E-state index in [2.05, 4.69) is 48.2 Å². The second-order valence-corrected chi connectivity index (χ2v) is 6.45. The third kappa shape index (κ3) is 2.43. The fourth-order valence-corrected chi connectivity index (χ4v) is 3.96. The zero-order valence-corrected chi connectivity index (χ0v) is 12.5. The molecule has 3 rings (SSSR count). The topological polar surface area (TPSA) is 23.5 Å². The standard InChI is InChI=1S/C18H25NO/c1-3-14(2)18(20)11-16-9-10-17(12-18)19(16)13-15-7-5-4-6-8-15/h3-8,16-17,20H,9-13H2,1-2H3. The maximum atomic E-state index is 10.9. The average molecular weight is 271 g/mol. The van der Waals surface area contributed by atoms with Gasteiger partial charge in [-0.2, -0.15) is 0 Å². The molecular formula is C18H25NO. The van der Waals surface area contributed by atoms with E-state index < -0.39 is 5.60 Å². The number of rotatable bonds is 3. The number of hydrogen-bond donors (Lipinski definition) is 1. The van der Waals surface area contributed by atoms with Gasteiger partial charge in [0.25, 0.3) is 0 Å². The highest BCUT2D eigenvalue weighted by Gasteiger charge is 2.47. The van der Waals surface area contributed by atoms with E-state index in [1.54, 1.807) is 0 Å². The van der Waals surface area contributed by atoms with Gasteiger partial charge in [0.1, 0.15) is 0 Å². The van der Waals surface area contributed by atoms with Crippen LogP contribution in [0.5, 0.6) is 0 Å². The Labute approximate surface area is 122 Å². The first-order valence-electron chi connectivity index (χ1n) is 7.78. The summed E-state index contributed by atoms with van der Waals surface area (Å²) in [6.45, 7) is 5.14. The van der Waals surface area contributed by atoms with Crippen LogP contribution >= 0.6 is 0 Å². The van der Waals surface area contributed by atoms with E-state index in [1.807, 2.05) is 6.92 Å². The number of aliphatic hydroxyl groups is 1. The third-order valence-electron chi connectivity index (χ3n) is 5.29. The summed E-state index contributed by atoms with van der Waals surface area (Å²) >= 11 is 0. The molecule has 2 fully saturated rings. The zero-order chi connectivity index (χ0) is 14.2. The second-order valence-electron chi connectivity index (χ2n) is 6.45. The minimum Gasteiger partial charge on any atom is -0.385 e. The van der Waals surface area contributed by atoms with Crippen molar-refractivity contribution in [3.05, 3.63) is 47.5 Å². The Bertz CT molecular complexity index is 479. The van der Waals surface area contributed by atoms with Gasteiger partial charge in [0, 0.05) is 18.6 Å². The van der Waals surface area contributed by atoms with Crippen LogP contribution in [0.1, 0.15) is 45.1 Å².